The Labute approximate surface area is 111 Å². The average molecular weight is 260 g/mol. The highest BCUT2D eigenvalue weighted by molar-refractivity contribution is 6.30. The lowest BCUT2D eigenvalue weighted by atomic mass is 10.1. The van der Waals surface area contributed by atoms with Crippen LogP contribution in [0.25, 0.3) is 11.3 Å². The zero-order valence-corrected chi connectivity index (χ0v) is 10.7. The van der Waals surface area contributed by atoms with Gasteiger partial charge in [-0.1, -0.05) is 23.7 Å². The highest BCUT2D eigenvalue weighted by Crippen LogP contribution is 2.45. The van der Waals surface area contributed by atoms with Crippen LogP contribution in [-0.2, 0) is 12.1 Å². The second kappa shape index (κ2) is 3.59. The van der Waals surface area contributed by atoms with E-state index in [1.54, 1.807) is 0 Å². The predicted molar refractivity (Wildman–Crippen MR) is 71.6 cm³/mol. The van der Waals surface area contributed by atoms with Crippen LogP contribution in [0.2, 0.25) is 5.02 Å². The SMILES string of the molecule is Clc1cccc(-c2cc3n(n2)C2(CC2)CNC3)c1. The predicted octanol–water partition coefficient (Wildman–Crippen LogP) is 2.80. The molecule has 0 unspecified atom stereocenters. The van der Waals surface area contributed by atoms with Crippen LogP contribution >= 0.6 is 11.6 Å². The molecular weight excluding hydrogens is 246 g/mol. The number of nitrogens with zero attached hydrogens (tertiary/aromatic N) is 2. The average Bonchev–Trinajstić information content (AvgIpc) is 2.99. The molecule has 2 heterocycles. The molecule has 0 saturated heterocycles. The summed E-state index contributed by atoms with van der Waals surface area (Å²) >= 11 is 6.04. The van der Waals surface area contributed by atoms with Crippen LogP contribution in [0.3, 0.4) is 0 Å². The minimum absolute atomic E-state index is 0.268. The molecule has 1 N–H and O–H groups in total. The molecule has 4 rings (SSSR count). The Morgan fingerprint density at radius 1 is 1.28 bits per heavy atom. The standard InChI is InChI=1S/C14H14ClN3/c15-11-3-1-2-10(6-11)13-7-12-8-16-9-14(4-5-14)18(12)17-13/h1-3,6-7,16H,4-5,8-9H2. The van der Waals surface area contributed by atoms with Crippen LogP contribution in [0.5, 0.6) is 0 Å². The summed E-state index contributed by atoms with van der Waals surface area (Å²) in [7, 11) is 0. The van der Waals surface area contributed by atoms with E-state index in [2.05, 4.69) is 22.1 Å². The summed E-state index contributed by atoms with van der Waals surface area (Å²) in [4.78, 5) is 0. The van der Waals surface area contributed by atoms with E-state index in [9.17, 15) is 0 Å². The van der Waals surface area contributed by atoms with Crippen molar-refractivity contribution in [2.24, 2.45) is 0 Å². The minimum Gasteiger partial charge on any atom is -0.309 e. The van der Waals surface area contributed by atoms with Gasteiger partial charge in [0.15, 0.2) is 0 Å². The summed E-state index contributed by atoms with van der Waals surface area (Å²) in [6.07, 6.45) is 2.48. The summed E-state index contributed by atoms with van der Waals surface area (Å²) in [6.45, 7) is 1.96. The number of aromatic nitrogens is 2. The summed E-state index contributed by atoms with van der Waals surface area (Å²) in [6, 6.07) is 10.1. The van der Waals surface area contributed by atoms with Gasteiger partial charge in [0.25, 0.3) is 0 Å². The van der Waals surface area contributed by atoms with Gasteiger partial charge in [0, 0.05) is 23.7 Å². The van der Waals surface area contributed by atoms with Crippen molar-refractivity contribution in [3.05, 3.63) is 41.0 Å². The van der Waals surface area contributed by atoms with E-state index in [-0.39, 0.29) is 5.54 Å². The van der Waals surface area contributed by atoms with E-state index >= 15 is 0 Å². The van der Waals surface area contributed by atoms with Crippen molar-refractivity contribution in [1.29, 1.82) is 0 Å². The van der Waals surface area contributed by atoms with Crippen LogP contribution in [0.15, 0.2) is 30.3 Å². The number of benzene rings is 1. The maximum atomic E-state index is 6.04. The highest BCUT2D eigenvalue weighted by Gasteiger charge is 2.48. The third-order valence-corrected chi connectivity index (χ3v) is 4.18. The largest absolute Gasteiger partial charge is 0.309 e. The maximum Gasteiger partial charge on any atom is 0.0927 e. The number of rotatable bonds is 1. The summed E-state index contributed by atoms with van der Waals surface area (Å²) < 4.78 is 2.24. The van der Waals surface area contributed by atoms with Gasteiger partial charge in [-0.2, -0.15) is 5.10 Å². The molecule has 0 atom stereocenters. The topological polar surface area (TPSA) is 29.9 Å². The third kappa shape index (κ3) is 1.51. The molecule has 1 fully saturated rings. The molecule has 1 aliphatic heterocycles. The van der Waals surface area contributed by atoms with Crippen molar-refractivity contribution in [2.45, 2.75) is 24.9 Å². The molecule has 18 heavy (non-hydrogen) atoms. The Morgan fingerprint density at radius 2 is 2.17 bits per heavy atom. The Balaban J connectivity index is 1.82. The van der Waals surface area contributed by atoms with Crippen molar-refractivity contribution in [3.63, 3.8) is 0 Å². The fourth-order valence-electron chi connectivity index (χ4n) is 2.78. The molecule has 4 heteroatoms. The number of hydrogen-bond donors (Lipinski definition) is 1. The van der Waals surface area contributed by atoms with Crippen LogP contribution in [0.1, 0.15) is 18.5 Å². The Bertz CT molecular complexity index is 613. The molecule has 0 radical (unpaired) electrons. The minimum atomic E-state index is 0.268. The van der Waals surface area contributed by atoms with E-state index in [0.29, 0.717) is 0 Å². The number of hydrogen-bond acceptors (Lipinski definition) is 2. The molecule has 2 aromatic rings. The van der Waals surface area contributed by atoms with Gasteiger partial charge in [-0.15, -0.1) is 0 Å². The van der Waals surface area contributed by atoms with Gasteiger partial charge in [-0.05, 0) is 31.0 Å². The van der Waals surface area contributed by atoms with Crippen molar-refractivity contribution in [1.82, 2.24) is 15.1 Å². The first kappa shape index (κ1) is 10.6. The first-order chi connectivity index (χ1) is 8.77. The normalized spacial score (nSPS) is 19.8. The van der Waals surface area contributed by atoms with E-state index < -0.39 is 0 Å². The number of halogens is 1. The molecular formula is C14H14ClN3. The maximum absolute atomic E-state index is 6.04. The smallest absolute Gasteiger partial charge is 0.0927 e. The second-order valence-electron chi connectivity index (χ2n) is 5.27. The Hall–Kier alpha value is -1.32. The van der Waals surface area contributed by atoms with Gasteiger partial charge in [-0.25, -0.2) is 0 Å². The lowest BCUT2D eigenvalue weighted by Gasteiger charge is -2.24. The summed E-state index contributed by atoms with van der Waals surface area (Å²) in [5, 5.41) is 9.04. The molecule has 1 aliphatic carbocycles. The quantitative estimate of drug-likeness (QED) is 0.854. The second-order valence-corrected chi connectivity index (χ2v) is 5.71. The monoisotopic (exact) mass is 259 g/mol. The number of fused-ring (bicyclic) bond motifs is 2. The van der Waals surface area contributed by atoms with Gasteiger partial charge >= 0.3 is 0 Å². The molecule has 1 spiro atoms. The first-order valence-electron chi connectivity index (χ1n) is 6.33. The fraction of sp³-hybridized carbons (Fsp3) is 0.357. The molecule has 0 bridgehead atoms. The van der Waals surface area contributed by atoms with Crippen molar-refractivity contribution < 1.29 is 0 Å². The zero-order valence-electron chi connectivity index (χ0n) is 9.99. The van der Waals surface area contributed by atoms with Gasteiger partial charge in [0.1, 0.15) is 0 Å². The first-order valence-corrected chi connectivity index (χ1v) is 6.71. The van der Waals surface area contributed by atoms with Crippen molar-refractivity contribution in [3.8, 4) is 11.3 Å². The molecule has 1 aromatic carbocycles. The molecule has 92 valence electrons. The lowest BCUT2D eigenvalue weighted by Crippen LogP contribution is -2.39. The Kier molecular flexibility index (Phi) is 2.11. The fourth-order valence-corrected chi connectivity index (χ4v) is 2.97. The lowest BCUT2D eigenvalue weighted by molar-refractivity contribution is 0.346. The molecule has 2 aliphatic rings. The zero-order chi connectivity index (χ0) is 12.2. The molecule has 1 saturated carbocycles. The summed E-state index contributed by atoms with van der Waals surface area (Å²) in [5.74, 6) is 0. The van der Waals surface area contributed by atoms with E-state index in [0.717, 1.165) is 29.4 Å². The molecule has 1 aromatic heterocycles. The van der Waals surface area contributed by atoms with E-state index in [4.69, 9.17) is 16.7 Å². The third-order valence-electron chi connectivity index (χ3n) is 3.94. The molecule has 3 nitrogen and oxygen atoms in total. The van der Waals surface area contributed by atoms with Crippen molar-refractivity contribution >= 4 is 11.6 Å². The van der Waals surface area contributed by atoms with E-state index in [1.165, 1.54) is 18.5 Å². The van der Waals surface area contributed by atoms with Gasteiger partial charge in [0.2, 0.25) is 0 Å². The van der Waals surface area contributed by atoms with Gasteiger partial charge in [0.05, 0.1) is 16.9 Å². The highest BCUT2D eigenvalue weighted by atomic mass is 35.5. The van der Waals surface area contributed by atoms with Crippen LogP contribution < -0.4 is 5.32 Å². The number of nitrogens with one attached hydrogen (secondary N) is 1. The van der Waals surface area contributed by atoms with Gasteiger partial charge in [-0.3, -0.25) is 4.68 Å². The van der Waals surface area contributed by atoms with E-state index in [1.807, 2.05) is 18.2 Å². The van der Waals surface area contributed by atoms with Crippen LogP contribution in [0.4, 0.5) is 0 Å². The van der Waals surface area contributed by atoms with Crippen molar-refractivity contribution in [2.75, 3.05) is 6.54 Å². The summed E-state index contributed by atoms with van der Waals surface area (Å²) in [5.41, 5.74) is 3.68. The van der Waals surface area contributed by atoms with Crippen LogP contribution in [0, 0.1) is 0 Å². The van der Waals surface area contributed by atoms with Crippen LogP contribution in [-0.4, -0.2) is 16.3 Å². The molecule has 0 amide bonds. The van der Waals surface area contributed by atoms with Gasteiger partial charge < -0.3 is 5.32 Å². The Morgan fingerprint density at radius 3 is 2.94 bits per heavy atom.